The second-order valence-corrected chi connectivity index (χ2v) is 8.52. The lowest BCUT2D eigenvalue weighted by atomic mass is 9.73. The first-order chi connectivity index (χ1) is 9.94. The Bertz CT molecular complexity index is 467. The third-order valence-electron chi connectivity index (χ3n) is 4.75. The first kappa shape index (κ1) is 16.9. The maximum absolute atomic E-state index is 3.84. The molecule has 1 N–H and O–H groups in total. The van der Waals surface area contributed by atoms with Crippen molar-refractivity contribution in [1.29, 1.82) is 0 Å². The highest BCUT2D eigenvalue weighted by molar-refractivity contribution is 8.00. The minimum absolute atomic E-state index is 0.406. The summed E-state index contributed by atoms with van der Waals surface area (Å²) in [4.78, 5) is 1.46. The van der Waals surface area contributed by atoms with Crippen LogP contribution < -0.4 is 5.32 Å². The van der Waals surface area contributed by atoms with Gasteiger partial charge in [0.1, 0.15) is 0 Å². The molecule has 0 bridgehead atoms. The molecule has 1 aromatic carbocycles. The van der Waals surface area contributed by atoms with Crippen molar-refractivity contribution in [2.45, 2.75) is 76.5 Å². The first-order valence-corrected chi connectivity index (χ1v) is 9.29. The van der Waals surface area contributed by atoms with Crippen LogP contribution in [0, 0.1) is 19.3 Å². The lowest BCUT2D eigenvalue weighted by Gasteiger charge is -2.44. The van der Waals surface area contributed by atoms with Crippen molar-refractivity contribution in [3.05, 3.63) is 29.3 Å². The molecule has 1 nitrogen and oxygen atoms in total. The summed E-state index contributed by atoms with van der Waals surface area (Å²) in [5.41, 5.74) is 3.20. The molecule has 1 saturated carbocycles. The second kappa shape index (κ2) is 7.19. The van der Waals surface area contributed by atoms with Crippen molar-refractivity contribution in [2.75, 3.05) is 6.54 Å². The first-order valence-electron chi connectivity index (χ1n) is 8.41. The van der Waals surface area contributed by atoms with Crippen molar-refractivity contribution in [1.82, 2.24) is 5.32 Å². The van der Waals surface area contributed by atoms with Gasteiger partial charge in [-0.1, -0.05) is 44.9 Å². The van der Waals surface area contributed by atoms with E-state index < -0.39 is 0 Å². The summed E-state index contributed by atoms with van der Waals surface area (Å²) in [6.45, 7) is 12.7. The molecule has 1 aliphatic carbocycles. The van der Waals surface area contributed by atoms with Crippen molar-refractivity contribution in [3.8, 4) is 0 Å². The van der Waals surface area contributed by atoms with E-state index in [9.17, 15) is 0 Å². The molecule has 0 aliphatic heterocycles. The Morgan fingerprint density at radius 2 is 2.05 bits per heavy atom. The van der Waals surface area contributed by atoms with Gasteiger partial charge in [0.2, 0.25) is 0 Å². The lowest BCUT2D eigenvalue weighted by Crippen LogP contribution is -2.51. The maximum atomic E-state index is 3.84. The zero-order valence-electron chi connectivity index (χ0n) is 14.3. The van der Waals surface area contributed by atoms with Gasteiger partial charge in [0, 0.05) is 16.2 Å². The van der Waals surface area contributed by atoms with Crippen LogP contribution in [0.15, 0.2) is 23.1 Å². The number of aryl methyl sites for hydroxylation is 2. The molecule has 0 amide bonds. The molecule has 0 spiro atoms. The quantitative estimate of drug-likeness (QED) is 0.787. The van der Waals surface area contributed by atoms with Crippen LogP contribution in [0.1, 0.15) is 57.6 Å². The Kier molecular flexibility index (Phi) is 5.79. The van der Waals surface area contributed by atoms with Gasteiger partial charge in [0.05, 0.1) is 0 Å². The zero-order chi connectivity index (χ0) is 15.5. The van der Waals surface area contributed by atoms with Crippen LogP contribution in [-0.4, -0.2) is 17.8 Å². The lowest BCUT2D eigenvalue weighted by molar-refractivity contribution is 0.175. The Morgan fingerprint density at radius 3 is 2.71 bits per heavy atom. The molecule has 1 aliphatic rings. The van der Waals surface area contributed by atoms with Gasteiger partial charge in [0.15, 0.2) is 0 Å². The maximum Gasteiger partial charge on any atom is 0.0253 e. The van der Waals surface area contributed by atoms with E-state index in [1.807, 2.05) is 0 Å². The van der Waals surface area contributed by atoms with Gasteiger partial charge in [-0.05, 0) is 56.7 Å². The summed E-state index contributed by atoms with van der Waals surface area (Å²) in [5.74, 6) is 0. The van der Waals surface area contributed by atoms with Crippen LogP contribution in [0.5, 0.6) is 0 Å². The third-order valence-corrected chi connectivity index (χ3v) is 6.27. The van der Waals surface area contributed by atoms with Crippen LogP contribution in [0.2, 0.25) is 0 Å². The molecular formula is C19H31NS. The molecular weight excluding hydrogens is 274 g/mol. The fourth-order valence-electron chi connectivity index (χ4n) is 3.51. The van der Waals surface area contributed by atoms with E-state index in [2.05, 4.69) is 69.9 Å². The van der Waals surface area contributed by atoms with E-state index >= 15 is 0 Å². The molecule has 1 aromatic rings. The van der Waals surface area contributed by atoms with Gasteiger partial charge in [-0.3, -0.25) is 0 Å². The molecule has 0 saturated heterocycles. The zero-order valence-corrected chi connectivity index (χ0v) is 15.1. The SMILES string of the molecule is CCCNC1C(Sc2ccc(C)cc2C)CCCC1(C)C. The number of hydrogen-bond donors (Lipinski definition) is 1. The molecule has 2 heteroatoms. The van der Waals surface area contributed by atoms with Crippen LogP contribution in [0.4, 0.5) is 0 Å². The summed E-state index contributed by atoms with van der Waals surface area (Å²) < 4.78 is 0. The highest BCUT2D eigenvalue weighted by Crippen LogP contribution is 2.43. The number of hydrogen-bond acceptors (Lipinski definition) is 2. The van der Waals surface area contributed by atoms with Gasteiger partial charge in [-0.2, -0.15) is 0 Å². The summed E-state index contributed by atoms with van der Waals surface area (Å²) in [6.07, 6.45) is 5.26. The monoisotopic (exact) mass is 305 g/mol. The van der Waals surface area contributed by atoms with Crippen LogP contribution >= 0.6 is 11.8 Å². The van der Waals surface area contributed by atoms with Crippen molar-refractivity contribution < 1.29 is 0 Å². The smallest absolute Gasteiger partial charge is 0.0253 e. The van der Waals surface area contributed by atoms with Gasteiger partial charge in [0.25, 0.3) is 0 Å². The number of nitrogens with one attached hydrogen (secondary N) is 1. The molecule has 21 heavy (non-hydrogen) atoms. The summed E-state index contributed by atoms with van der Waals surface area (Å²) in [6, 6.07) is 7.49. The van der Waals surface area contributed by atoms with E-state index in [4.69, 9.17) is 0 Å². The van der Waals surface area contributed by atoms with Gasteiger partial charge >= 0.3 is 0 Å². The largest absolute Gasteiger partial charge is 0.312 e. The number of benzene rings is 1. The van der Waals surface area contributed by atoms with Gasteiger partial charge in [-0.25, -0.2) is 0 Å². The predicted molar refractivity (Wildman–Crippen MR) is 95.3 cm³/mol. The predicted octanol–water partition coefficient (Wildman–Crippen LogP) is 5.34. The summed E-state index contributed by atoms with van der Waals surface area (Å²) in [5, 5.41) is 4.54. The molecule has 1 fully saturated rings. The average Bonchev–Trinajstić information content (AvgIpc) is 2.40. The molecule has 118 valence electrons. The van der Waals surface area contributed by atoms with Crippen LogP contribution in [-0.2, 0) is 0 Å². The minimum atomic E-state index is 0.406. The summed E-state index contributed by atoms with van der Waals surface area (Å²) in [7, 11) is 0. The van der Waals surface area contributed by atoms with E-state index in [1.165, 1.54) is 41.7 Å². The van der Waals surface area contributed by atoms with E-state index in [1.54, 1.807) is 0 Å². The topological polar surface area (TPSA) is 12.0 Å². The van der Waals surface area contributed by atoms with E-state index in [0.29, 0.717) is 16.7 Å². The minimum Gasteiger partial charge on any atom is -0.312 e. The fourth-order valence-corrected chi connectivity index (χ4v) is 5.12. The van der Waals surface area contributed by atoms with Crippen molar-refractivity contribution in [3.63, 3.8) is 0 Å². The van der Waals surface area contributed by atoms with Gasteiger partial charge in [-0.15, -0.1) is 11.8 Å². The highest BCUT2D eigenvalue weighted by atomic mass is 32.2. The van der Waals surface area contributed by atoms with E-state index in [-0.39, 0.29) is 0 Å². The number of rotatable bonds is 5. The normalized spacial score (nSPS) is 25.0. The van der Waals surface area contributed by atoms with Crippen molar-refractivity contribution >= 4 is 11.8 Å². The molecule has 2 unspecified atom stereocenters. The van der Waals surface area contributed by atoms with Crippen LogP contribution in [0.25, 0.3) is 0 Å². The fraction of sp³-hybridized carbons (Fsp3) is 0.684. The molecule has 0 aromatic heterocycles. The molecule has 0 heterocycles. The summed E-state index contributed by atoms with van der Waals surface area (Å²) >= 11 is 2.10. The van der Waals surface area contributed by atoms with E-state index in [0.717, 1.165) is 6.54 Å². The Hall–Kier alpha value is -0.470. The average molecular weight is 306 g/mol. The molecule has 2 atom stereocenters. The van der Waals surface area contributed by atoms with Crippen LogP contribution in [0.3, 0.4) is 0 Å². The third kappa shape index (κ3) is 4.26. The molecule has 0 radical (unpaired) electrons. The Balaban J connectivity index is 2.15. The van der Waals surface area contributed by atoms with Gasteiger partial charge < -0.3 is 5.32 Å². The second-order valence-electron chi connectivity index (χ2n) is 7.24. The Morgan fingerprint density at radius 1 is 1.29 bits per heavy atom. The molecule has 2 rings (SSSR count). The van der Waals surface area contributed by atoms with Crippen molar-refractivity contribution in [2.24, 2.45) is 5.41 Å². The number of thioether (sulfide) groups is 1. The standard InChI is InChI=1S/C19H31NS/c1-6-12-20-18-17(8-7-11-19(18,4)5)21-16-10-9-14(2)13-15(16)3/h9-10,13,17-18,20H,6-8,11-12H2,1-5H3. The highest BCUT2D eigenvalue weighted by Gasteiger charge is 2.39. The Labute approximate surface area is 135 Å².